The van der Waals surface area contributed by atoms with E-state index in [1.807, 2.05) is 6.26 Å². The van der Waals surface area contributed by atoms with Crippen molar-refractivity contribution < 1.29 is 0 Å². The molecule has 6 heteroatoms. The predicted molar refractivity (Wildman–Crippen MR) is 70.5 cm³/mol. The first-order valence-electron chi connectivity index (χ1n) is 4.64. The van der Waals surface area contributed by atoms with Gasteiger partial charge in [0.05, 0.1) is 5.69 Å². The summed E-state index contributed by atoms with van der Waals surface area (Å²) in [5, 5.41) is 17.8. The Bertz CT molecular complexity index is 581. The summed E-state index contributed by atoms with van der Waals surface area (Å²) in [5.41, 5.74) is 1.91. The average Bonchev–Trinajstić information content (AvgIpc) is 2.70. The van der Waals surface area contributed by atoms with Gasteiger partial charge in [0.2, 0.25) is 0 Å². The quantitative estimate of drug-likeness (QED) is 0.849. The van der Waals surface area contributed by atoms with Crippen molar-refractivity contribution >= 4 is 35.0 Å². The van der Waals surface area contributed by atoms with Crippen LogP contribution in [0, 0.1) is 11.3 Å². The fourth-order valence-corrected chi connectivity index (χ4v) is 2.50. The minimum atomic E-state index is 0.510. The second-order valence-electron chi connectivity index (χ2n) is 3.25. The number of nitrogens with zero attached hydrogens (tertiary/aromatic N) is 2. The molecule has 3 nitrogen and oxygen atoms in total. The zero-order valence-electron chi connectivity index (χ0n) is 8.79. The fourth-order valence-electron chi connectivity index (χ4n) is 1.48. The third-order valence-electron chi connectivity index (χ3n) is 2.19. The Morgan fingerprint density at radius 1 is 1.29 bits per heavy atom. The predicted octanol–water partition coefficient (Wildman–Crippen LogP) is 3.98. The van der Waals surface area contributed by atoms with Gasteiger partial charge in [-0.3, -0.25) is 5.10 Å². The second-order valence-corrected chi connectivity index (χ2v) is 4.92. The zero-order chi connectivity index (χ0) is 12.4. The molecule has 1 heterocycles. The Hall–Kier alpha value is -1.15. The topological polar surface area (TPSA) is 52.5 Å². The molecule has 0 spiro atoms. The summed E-state index contributed by atoms with van der Waals surface area (Å²) in [4.78, 5) is 0. The molecule has 0 fully saturated rings. The Labute approximate surface area is 113 Å². The molecule has 0 amide bonds. The average molecular weight is 284 g/mol. The first kappa shape index (κ1) is 12.3. The normalized spacial score (nSPS) is 10.2. The monoisotopic (exact) mass is 283 g/mol. The maximum Gasteiger partial charge on any atom is 0.136 e. The molecule has 0 aliphatic rings. The van der Waals surface area contributed by atoms with E-state index in [-0.39, 0.29) is 0 Å². The summed E-state index contributed by atoms with van der Waals surface area (Å²) < 4.78 is 0. The lowest BCUT2D eigenvalue weighted by Crippen LogP contribution is -1.83. The molecular formula is C11H7Cl2N3S. The summed E-state index contributed by atoms with van der Waals surface area (Å²) in [7, 11) is 0. The Morgan fingerprint density at radius 2 is 1.94 bits per heavy atom. The van der Waals surface area contributed by atoms with Crippen LogP contribution in [0.4, 0.5) is 0 Å². The lowest BCUT2D eigenvalue weighted by atomic mass is 10.1. The number of H-pyrrole nitrogens is 1. The highest BCUT2D eigenvalue weighted by atomic mass is 35.5. The van der Waals surface area contributed by atoms with E-state index in [2.05, 4.69) is 16.3 Å². The van der Waals surface area contributed by atoms with Crippen molar-refractivity contribution in [3.05, 3.63) is 33.8 Å². The van der Waals surface area contributed by atoms with Crippen molar-refractivity contribution in [2.75, 3.05) is 6.26 Å². The summed E-state index contributed by atoms with van der Waals surface area (Å²) in [5.74, 6) is 0. The van der Waals surface area contributed by atoms with Crippen molar-refractivity contribution in [3.63, 3.8) is 0 Å². The molecule has 0 bridgehead atoms. The Balaban J connectivity index is 2.61. The van der Waals surface area contributed by atoms with Gasteiger partial charge in [-0.1, -0.05) is 23.2 Å². The van der Waals surface area contributed by atoms with Gasteiger partial charge in [-0.2, -0.15) is 10.4 Å². The summed E-state index contributed by atoms with van der Waals surface area (Å²) in [6.45, 7) is 0. The molecule has 0 saturated heterocycles. The number of nitrogens with one attached hydrogen (secondary N) is 1. The first-order valence-corrected chi connectivity index (χ1v) is 6.62. The van der Waals surface area contributed by atoms with Crippen molar-refractivity contribution in [2.24, 2.45) is 0 Å². The highest BCUT2D eigenvalue weighted by molar-refractivity contribution is 7.98. The smallest absolute Gasteiger partial charge is 0.136 e. The van der Waals surface area contributed by atoms with Crippen LogP contribution in [0.5, 0.6) is 0 Å². The highest BCUT2D eigenvalue weighted by Crippen LogP contribution is 2.31. The first-order chi connectivity index (χ1) is 8.15. The van der Waals surface area contributed by atoms with E-state index in [0.29, 0.717) is 26.3 Å². The number of benzene rings is 1. The van der Waals surface area contributed by atoms with Gasteiger partial charge in [-0.25, -0.2) is 0 Å². The minimum absolute atomic E-state index is 0.510. The molecule has 2 aromatic rings. The number of aromatic nitrogens is 2. The third-order valence-corrected chi connectivity index (χ3v) is 3.31. The van der Waals surface area contributed by atoms with Crippen molar-refractivity contribution in [1.29, 1.82) is 5.26 Å². The van der Waals surface area contributed by atoms with E-state index in [9.17, 15) is 0 Å². The van der Waals surface area contributed by atoms with Gasteiger partial charge in [0.1, 0.15) is 16.7 Å². The van der Waals surface area contributed by atoms with E-state index in [0.717, 1.165) is 5.56 Å². The molecule has 17 heavy (non-hydrogen) atoms. The van der Waals surface area contributed by atoms with Gasteiger partial charge in [0.25, 0.3) is 0 Å². The number of hydrogen-bond acceptors (Lipinski definition) is 3. The van der Waals surface area contributed by atoms with Crippen LogP contribution in [0.25, 0.3) is 11.3 Å². The van der Waals surface area contributed by atoms with Crippen LogP contribution in [0.3, 0.4) is 0 Å². The second kappa shape index (κ2) is 5.01. The maximum absolute atomic E-state index is 9.13. The van der Waals surface area contributed by atoms with Crippen LogP contribution in [0.15, 0.2) is 23.2 Å². The molecular weight excluding hydrogens is 277 g/mol. The summed E-state index contributed by atoms with van der Waals surface area (Å²) in [6, 6.07) is 7.26. The fraction of sp³-hybridized carbons (Fsp3) is 0.0909. The van der Waals surface area contributed by atoms with Crippen LogP contribution < -0.4 is 0 Å². The van der Waals surface area contributed by atoms with Gasteiger partial charge in [-0.15, -0.1) is 11.8 Å². The lowest BCUT2D eigenvalue weighted by Gasteiger charge is -2.01. The molecule has 1 N–H and O–H groups in total. The molecule has 1 aromatic heterocycles. The molecule has 0 saturated carbocycles. The van der Waals surface area contributed by atoms with Crippen molar-refractivity contribution in [2.45, 2.75) is 5.03 Å². The molecule has 0 aliphatic heterocycles. The molecule has 0 radical (unpaired) electrons. The lowest BCUT2D eigenvalue weighted by molar-refractivity contribution is 1.01. The maximum atomic E-state index is 9.13. The largest absolute Gasteiger partial charge is 0.275 e. The number of nitriles is 1. The van der Waals surface area contributed by atoms with Crippen LogP contribution in [-0.4, -0.2) is 16.5 Å². The molecule has 0 aliphatic carbocycles. The molecule has 86 valence electrons. The summed E-state index contributed by atoms with van der Waals surface area (Å²) >= 11 is 13.3. The van der Waals surface area contributed by atoms with Gasteiger partial charge < -0.3 is 0 Å². The van der Waals surface area contributed by atoms with E-state index in [1.165, 1.54) is 11.8 Å². The molecule has 0 unspecified atom stereocenters. The van der Waals surface area contributed by atoms with E-state index in [1.54, 1.807) is 18.2 Å². The van der Waals surface area contributed by atoms with Gasteiger partial charge in [0.15, 0.2) is 0 Å². The highest BCUT2D eigenvalue weighted by Gasteiger charge is 2.14. The Kier molecular flexibility index (Phi) is 3.63. The Morgan fingerprint density at radius 3 is 2.47 bits per heavy atom. The molecule has 2 rings (SSSR count). The van der Waals surface area contributed by atoms with Gasteiger partial charge in [0, 0.05) is 15.6 Å². The number of hydrogen-bond donors (Lipinski definition) is 1. The van der Waals surface area contributed by atoms with Crippen LogP contribution >= 0.6 is 35.0 Å². The van der Waals surface area contributed by atoms with E-state index >= 15 is 0 Å². The number of halogens is 2. The molecule has 1 aromatic carbocycles. The summed E-state index contributed by atoms with van der Waals surface area (Å²) in [6.07, 6.45) is 1.87. The van der Waals surface area contributed by atoms with Crippen LogP contribution in [-0.2, 0) is 0 Å². The van der Waals surface area contributed by atoms with E-state index < -0.39 is 0 Å². The molecule has 0 atom stereocenters. The van der Waals surface area contributed by atoms with Gasteiger partial charge in [-0.05, 0) is 24.5 Å². The van der Waals surface area contributed by atoms with Crippen LogP contribution in [0.2, 0.25) is 10.0 Å². The van der Waals surface area contributed by atoms with E-state index in [4.69, 9.17) is 28.5 Å². The standard InChI is InChI=1S/C11H7Cl2N3S/c1-17-11-9(5-14)10(15-16-11)6-2-7(12)4-8(13)3-6/h2-4H,1H3,(H,15,16). The minimum Gasteiger partial charge on any atom is -0.275 e. The van der Waals surface area contributed by atoms with Gasteiger partial charge >= 0.3 is 0 Å². The van der Waals surface area contributed by atoms with Crippen molar-refractivity contribution in [1.82, 2.24) is 10.2 Å². The number of aromatic amines is 1. The zero-order valence-corrected chi connectivity index (χ0v) is 11.1. The van der Waals surface area contributed by atoms with Crippen molar-refractivity contribution in [3.8, 4) is 17.3 Å². The third kappa shape index (κ3) is 2.42. The number of thioether (sulfide) groups is 1. The SMILES string of the molecule is CSc1n[nH]c(-c2cc(Cl)cc(Cl)c2)c1C#N. The number of rotatable bonds is 2. The van der Waals surface area contributed by atoms with Crippen LogP contribution in [0.1, 0.15) is 5.56 Å².